The Morgan fingerprint density at radius 1 is 1.18 bits per heavy atom. The average molecular weight is 547 g/mol. The normalized spacial score (nSPS) is 12.9. The van der Waals surface area contributed by atoms with Crippen LogP contribution in [0.25, 0.3) is 10.9 Å². The number of sulfonamides is 1. The molecule has 1 aromatic carbocycles. The lowest BCUT2D eigenvalue weighted by Crippen LogP contribution is -2.40. The average Bonchev–Trinajstić information content (AvgIpc) is 3.44. The van der Waals surface area contributed by atoms with E-state index in [2.05, 4.69) is 43.9 Å². The number of H-pyrrole nitrogens is 1. The molecule has 0 unspecified atom stereocenters. The summed E-state index contributed by atoms with van der Waals surface area (Å²) in [5.74, 6) is 0.954. The fourth-order valence-corrected chi connectivity index (χ4v) is 5.61. The highest BCUT2D eigenvalue weighted by molar-refractivity contribution is 7.89. The van der Waals surface area contributed by atoms with Gasteiger partial charge in [-0.25, -0.2) is 22.9 Å². The van der Waals surface area contributed by atoms with Gasteiger partial charge >= 0.3 is 6.03 Å². The van der Waals surface area contributed by atoms with Crippen LogP contribution in [-0.2, 0) is 30.0 Å². The molecule has 3 N–H and O–H groups in total. The van der Waals surface area contributed by atoms with Crippen molar-refractivity contribution in [1.29, 1.82) is 0 Å². The second-order valence-corrected chi connectivity index (χ2v) is 11.8. The summed E-state index contributed by atoms with van der Waals surface area (Å²) in [5.41, 5.74) is 1.95. The largest absolute Gasteiger partial charge is 0.361 e. The molecular formula is C26H42N8O3S. The lowest BCUT2D eigenvalue weighted by molar-refractivity contribution is 0.202. The third-order valence-electron chi connectivity index (χ3n) is 6.52. The standard InChI is InChI=1S/C26H42N8O3S/c1-7-34(8-2)14-11-15-38(36,37)31-23(16-20-17-27-22-13-10-9-12-21(20)22)25-29-24(33(6)30-25)18-32(5)26(35)28-19(3)4/h9-10,12-13,17,19,23,27,31H,7-8,11,14-16,18H2,1-6H3,(H,28,35)/t23-/m1/s1. The third-order valence-corrected chi connectivity index (χ3v) is 7.99. The monoisotopic (exact) mass is 546 g/mol. The zero-order valence-electron chi connectivity index (χ0n) is 23.4. The third kappa shape index (κ3) is 8.02. The first-order chi connectivity index (χ1) is 18.0. The number of para-hydroxylation sites is 1. The number of nitrogens with one attached hydrogen (secondary N) is 3. The van der Waals surface area contributed by atoms with Crippen LogP contribution >= 0.6 is 0 Å². The van der Waals surface area contributed by atoms with Gasteiger partial charge in [-0.15, -0.1) is 0 Å². The van der Waals surface area contributed by atoms with E-state index >= 15 is 0 Å². The zero-order valence-corrected chi connectivity index (χ0v) is 24.2. The highest BCUT2D eigenvalue weighted by atomic mass is 32.2. The topological polar surface area (TPSA) is 128 Å². The summed E-state index contributed by atoms with van der Waals surface area (Å²) in [6.45, 7) is 10.7. The first-order valence-corrected chi connectivity index (χ1v) is 14.9. The van der Waals surface area contributed by atoms with E-state index in [1.165, 1.54) is 4.90 Å². The first kappa shape index (κ1) is 29.6. The number of benzene rings is 1. The van der Waals surface area contributed by atoms with Crippen molar-refractivity contribution in [3.8, 4) is 0 Å². The van der Waals surface area contributed by atoms with Crippen LogP contribution in [0.1, 0.15) is 57.4 Å². The second kappa shape index (κ2) is 13.2. The van der Waals surface area contributed by atoms with Crippen molar-refractivity contribution in [1.82, 2.24) is 39.6 Å². The number of nitrogens with zero attached hydrogens (tertiary/aromatic N) is 5. The van der Waals surface area contributed by atoms with Crippen molar-refractivity contribution in [2.24, 2.45) is 7.05 Å². The van der Waals surface area contributed by atoms with Gasteiger partial charge in [-0.2, -0.15) is 5.10 Å². The minimum atomic E-state index is -3.60. The van der Waals surface area contributed by atoms with E-state index in [4.69, 9.17) is 0 Å². The number of hydrogen-bond acceptors (Lipinski definition) is 6. The van der Waals surface area contributed by atoms with Gasteiger partial charge in [0.2, 0.25) is 10.0 Å². The maximum Gasteiger partial charge on any atom is 0.317 e. The molecule has 2 amide bonds. The van der Waals surface area contributed by atoms with Crippen molar-refractivity contribution in [3.63, 3.8) is 0 Å². The van der Waals surface area contributed by atoms with E-state index in [-0.39, 0.29) is 24.4 Å². The number of hydrogen-bond donors (Lipinski definition) is 3. The summed E-state index contributed by atoms with van der Waals surface area (Å²) in [6, 6.07) is 7.04. The zero-order chi connectivity index (χ0) is 27.9. The number of amides is 2. The van der Waals surface area contributed by atoms with Crippen molar-refractivity contribution in [3.05, 3.63) is 47.7 Å². The molecule has 11 nitrogen and oxygen atoms in total. The Morgan fingerprint density at radius 3 is 2.58 bits per heavy atom. The lowest BCUT2D eigenvalue weighted by Gasteiger charge is -2.19. The molecule has 0 saturated heterocycles. The van der Waals surface area contributed by atoms with Crippen LogP contribution in [-0.4, -0.2) is 82.5 Å². The summed E-state index contributed by atoms with van der Waals surface area (Å²) in [5, 5.41) is 8.45. The molecular weight excluding hydrogens is 504 g/mol. The van der Waals surface area contributed by atoms with Crippen LogP contribution in [0, 0.1) is 0 Å². The molecule has 0 aliphatic carbocycles. The van der Waals surface area contributed by atoms with Gasteiger partial charge in [0.25, 0.3) is 0 Å². The second-order valence-electron chi connectivity index (χ2n) is 9.90. The highest BCUT2D eigenvalue weighted by Gasteiger charge is 2.26. The molecule has 3 rings (SSSR count). The molecule has 3 aromatic rings. The Morgan fingerprint density at radius 2 is 1.89 bits per heavy atom. The Balaban J connectivity index is 1.84. The van der Waals surface area contributed by atoms with Crippen LogP contribution in [0.15, 0.2) is 30.5 Å². The fourth-order valence-electron chi connectivity index (χ4n) is 4.36. The molecule has 0 bridgehead atoms. The van der Waals surface area contributed by atoms with E-state index in [9.17, 15) is 13.2 Å². The van der Waals surface area contributed by atoms with Gasteiger partial charge in [0.05, 0.1) is 18.3 Å². The van der Waals surface area contributed by atoms with Crippen molar-refractivity contribution < 1.29 is 13.2 Å². The van der Waals surface area contributed by atoms with E-state index in [0.717, 1.165) is 36.1 Å². The van der Waals surface area contributed by atoms with Crippen molar-refractivity contribution in [2.75, 3.05) is 32.4 Å². The number of aromatic amines is 1. The maximum absolute atomic E-state index is 13.2. The van der Waals surface area contributed by atoms with Gasteiger partial charge in [-0.05, 0) is 58.0 Å². The Bertz CT molecular complexity index is 1300. The Hall–Kier alpha value is -2.96. The van der Waals surface area contributed by atoms with Crippen LogP contribution < -0.4 is 10.0 Å². The predicted octanol–water partition coefficient (Wildman–Crippen LogP) is 2.78. The fraction of sp³-hybridized carbons (Fsp3) is 0.577. The number of rotatable bonds is 14. The van der Waals surface area contributed by atoms with E-state index < -0.39 is 16.1 Å². The summed E-state index contributed by atoms with van der Waals surface area (Å²) in [6.07, 6.45) is 2.82. The molecule has 0 aliphatic rings. The smallest absolute Gasteiger partial charge is 0.317 e. The van der Waals surface area contributed by atoms with Crippen LogP contribution in [0.4, 0.5) is 4.79 Å². The summed E-state index contributed by atoms with van der Waals surface area (Å²) in [7, 11) is -0.162. The SMILES string of the molecule is CCN(CC)CCCS(=O)(=O)N[C@H](Cc1c[nH]c2ccccc12)c1nc(CN(C)C(=O)NC(C)C)n(C)n1. The van der Waals surface area contributed by atoms with Gasteiger partial charge < -0.3 is 20.1 Å². The Labute approximate surface area is 226 Å². The summed E-state index contributed by atoms with van der Waals surface area (Å²) < 4.78 is 30.8. The van der Waals surface area contributed by atoms with Gasteiger partial charge in [0.15, 0.2) is 5.82 Å². The minimum absolute atomic E-state index is 0.0108. The molecule has 0 fully saturated rings. The quantitative estimate of drug-likeness (QED) is 0.285. The number of carbonyl (C=O) groups is 1. The first-order valence-electron chi connectivity index (χ1n) is 13.2. The van der Waals surface area contributed by atoms with E-state index in [1.807, 2.05) is 44.3 Å². The molecule has 0 spiro atoms. The number of aromatic nitrogens is 4. The molecule has 0 aliphatic heterocycles. The van der Waals surface area contributed by atoms with Crippen LogP contribution in [0.5, 0.6) is 0 Å². The molecule has 38 heavy (non-hydrogen) atoms. The van der Waals surface area contributed by atoms with Gasteiger partial charge in [0.1, 0.15) is 5.82 Å². The number of aryl methyl sites for hydroxylation is 1. The Kier molecular flexibility index (Phi) is 10.3. The minimum Gasteiger partial charge on any atom is -0.361 e. The van der Waals surface area contributed by atoms with E-state index in [1.54, 1.807) is 18.8 Å². The summed E-state index contributed by atoms with van der Waals surface area (Å²) >= 11 is 0. The molecule has 0 saturated carbocycles. The van der Waals surface area contributed by atoms with E-state index in [0.29, 0.717) is 24.5 Å². The molecule has 2 aromatic heterocycles. The molecule has 210 valence electrons. The van der Waals surface area contributed by atoms with Crippen molar-refractivity contribution in [2.45, 2.75) is 59.2 Å². The maximum atomic E-state index is 13.2. The summed E-state index contributed by atoms with van der Waals surface area (Å²) in [4.78, 5) is 24.1. The molecule has 2 heterocycles. The van der Waals surface area contributed by atoms with Crippen LogP contribution in [0.2, 0.25) is 0 Å². The number of fused-ring (bicyclic) bond motifs is 1. The van der Waals surface area contributed by atoms with Gasteiger partial charge in [0, 0.05) is 37.2 Å². The number of urea groups is 1. The van der Waals surface area contributed by atoms with Gasteiger partial charge in [-0.1, -0.05) is 32.0 Å². The molecule has 0 radical (unpaired) electrons. The van der Waals surface area contributed by atoms with Crippen LogP contribution in [0.3, 0.4) is 0 Å². The molecule has 1 atom stereocenters. The van der Waals surface area contributed by atoms with Crippen molar-refractivity contribution >= 4 is 27.0 Å². The highest BCUT2D eigenvalue weighted by Crippen LogP contribution is 2.24. The predicted molar refractivity (Wildman–Crippen MR) is 150 cm³/mol. The lowest BCUT2D eigenvalue weighted by atomic mass is 10.1. The van der Waals surface area contributed by atoms with Gasteiger partial charge in [-0.3, -0.25) is 4.68 Å². The molecule has 12 heteroatoms. The number of carbonyl (C=O) groups excluding carboxylic acids is 1.